The number of hydrogen-bond acceptors (Lipinski definition) is 4. The molecule has 204 valence electrons. The number of benzene rings is 2. The van der Waals surface area contributed by atoms with Crippen LogP contribution in [0.5, 0.6) is 0 Å². The summed E-state index contributed by atoms with van der Waals surface area (Å²) < 4.78 is 26.8. The summed E-state index contributed by atoms with van der Waals surface area (Å²) in [5, 5.41) is 2.99. The second kappa shape index (κ2) is 12.6. The van der Waals surface area contributed by atoms with Crippen LogP contribution in [-0.2, 0) is 31.6 Å². The van der Waals surface area contributed by atoms with Crippen LogP contribution >= 0.6 is 0 Å². The molecule has 0 bridgehead atoms. The second-order valence-electron chi connectivity index (χ2n) is 10.8. The van der Waals surface area contributed by atoms with Crippen LogP contribution in [0.3, 0.4) is 0 Å². The highest BCUT2D eigenvalue weighted by Gasteiger charge is 2.32. The van der Waals surface area contributed by atoms with Gasteiger partial charge in [0.05, 0.1) is 11.9 Å². The SMILES string of the molecule is CC[C@@H](C)NC(=O)[C@@H](CC)N(Cc1ccccc1C)C(=O)CN(c1ccc(C(C)(C)C)cc1)S(C)(=O)=O. The molecule has 7 nitrogen and oxygen atoms in total. The molecule has 2 rings (SSSR count). The highest BCUT2D eigenvalue weighted by molar-refractivity contribution is 7.92. The molecule has 37 heavy (non-hydrogen) atoms. The number of carbonyl (C=O) groups excluding carboxylic acids is 2. The van der Waals surface area contributed by atoms with Gasteiger partial charge in [0, 0.05) is 12.6 Å². The van der Waals surface area contributed by atoms with E-state index in [9.17, 15) is 18.0 Å². The molecule has 0 aliphatic rings. The van der Waals surface area contributed by atoms with Gasteiger partial charge in [-0.05, 0) is 60.9 Å². The molecule has 0 aromatic heterocycles. The van der Waals surface area contributed by atoms with Crippen molar-refractivity contribution in [2.75, 3.05) is 17.1 Å². The summed E-state index contributed by atoms with van der Waals surface area (Å²) >= 11 is 0. The number of nitrogens with one attached hydrogen (secondary N) is 1. The number of nitrogens with zero attached hydrogens (tertiary/aromatic N) is 2. The van der Waals surface area contributed by atoms with Crippen LogP contribution in [0.4, 0.5) is 5.69 Å². The van der Waals surface area contributed by atoms with Crippen LogP contribution in [0, 0.1) is 6.92 Å². The van der Waals surface area contributed by atoms with Crippen molar-refractivity contribution < 1.29 is 18.0 Å². The Bertz CT molecular complexity index is 1170. The lowest BCUT2D eigenvalue weighted by Crippen LogP contribution is -2.53. The van der Waals surface area contributed by atoms with Crippen molar-refractivity contribution in [1.82, 2.24) is 10.2 Å². The monoisotopic (exact) mass is 529 g/mol. The van der Waals surface area contributed by atoms with Gasteiger partial charge in [0.1, 0.15) is 12.6 Å². The predicted molar refractivity (Wildman–Crippen MR) is 151 cm³/mol. The minimum atomic E-state index is -3.77. The van der Waals surface area contributed by atoms with Crippen molar-refractivity contribution in [3.8, 4) is 0 Å². The van der Waals surface area contributed by atoms with E-state index in [1.54, 1.807) is 12.1 Å². The van der Waals surface area contributed by atoms with Crippen molar-refractivity contribution in [3.05, 3.63) is 65.2 Å². The third-order valence-electron chi connectivity index (χ3n) is 6.69. The Morgan fingerprint density at radius 1 is 0.973 bits per heavy atom. The van der Waals surface area contributed by atoms with E-state index in [1.165, 1.54) is 4.90 Å². The van der Waals surface area contributed by atoms with Crippen molar-refractivity contribution in [3.63, 3.8) is 0 Å². The van der Waals surface area contributed by atoms with Crippen LogP contribution < -0.4 is 9.62 Å². The fraction of sp³-hybridized carbons (Fsp3) is 0.517. The van der Waals surface area contributed by atoms with Gasteiger partial charge in [0.15, 0.2) is 0 Å². The van der Waals surface area contributed by atoms with Gasteiger partial charge in [-0.1, -0.05) is 71.0 Å². The lowest BCUT2D eigenvalue weighted by molar-refractivity contribution is -0.140. The molecule has 2 aromatic rings. The number of carbonyl (C=O) groups is 2. The lowest BCUT2D eigenvalue weighted by Gasteiger charge is -2.33. The highest BCUT2D eigenvalue weighted by atomic mass is 32.2. The van der Waals surface area contributed by atoms with E-state index in [1.807, 2.05) is 64.1 Å². The minimum absolute atomic E-state index is 0.0363. The zero-order valence-corrected chi connectivity index (χ0v) is 24.4. The first-order valence-electron chi connectivity index (χ1n) is 12.9. The summed E-state index contributed by atoms with van der Waals surface area (Å²) in [6.07, 6.45) is 2.26. The normalized spacial score (nSPS) is 13.5. The molecular weight excluding hydrogens is 486 g/mol. The number of anilines is 1. The average Bonchev–Trinajstić information content (AvgIpc) is 2.82. The summed E-state index contributed by atoms with van der Waals surface area (Å²) in [5.41, 5.74) is 3.29. The van der Waals surface area contributed by atoms with E-state index in [-0.39, 0.29) is 23.9 Å². The van der Waals surface area contributed by atoms with Crippen LogP contribution in [0.15, 0.2) is 48.5 Å². The first-order chi connectivity index (χ1) is 17.2. The zero-order valence-electron chi connectivity index (χ0n) is 23.5. The van der Waals surface area contributed by atoms with Gasteiger partial charge in [0.2, 0.25) is 21.8 Å². The fourth-order valence-corrected chi connectivity index (χ4v) is 4.92. The van der Waals surface area contributed by atoms with Gasteiger partial charge in [0.25, 0.3) is 0 Å². The molecule has 2 aromatic carbocycles. The van der Waals surface area contributed by atoms with Gasteiger partial charge >= 0.3 is 0 Å². The molecule has 0 fully saturated rings. The van der Waals surface area contributed by atoms with Crippen LogP contribution in [0.2, 0.25) is 0 Å². The van der Waals surface area contributed by atoms with Crippen molar-refractivity contribution >= 4 is 27.5 Å². The Balaban J connectivity index is 2.46. The predicted octanol–water partition coefficient (Wildman–Crippen LogP) is 4.78. The summed E-state index contributed by atoms with van der Waals surface area (Å²) in [7, 11) is -3.77. The summed E-state index contributed by atoms with van der Waals surface area (Å²) in [6, 6.07) is 14.2. The number of aryl methyl sites for hydroxylation is 1. The molecule has 0 aliphatic carbocycles. The lowest BCUT2D eigenvalue weighted by atomic mass is 9.87. The van der Waals surface area contributed by atoms with E-state index in [0.717, 1.165) is 33.7 Å². The van der Waals surface area contributed by atoms with Gasteiger partial charge in [-0.2, -0.15) is 0 Å². The number of rotatable bonds is 11. The highest BCUT2D eigenvalue weighted by Crippen LogP contribution is 2.26. The van der Waals surface area contributed by atoms with Crippen molar-refractivity contribution in [1.29, 1.82) is 0 Å². The fourth-order valence-electron chi connectivity index (χ4n) is 4.07. The molecule has 0 aliphatic heterocycles. The minimum Gasteiger partial charge on any atom is -0.352 e. The zero-order chi connectivity index (χ0) is 28.0. The van der Waals surface area contributed by atoms with Crippen molar-refractivity contribution in [2.24, 2.45) is 0 Å². The summed E-state index contributed by atoms with van der Waals surface area (Å²) in [4.78, 5) is 28.5. The Morgan fingerprint density at radius 2 is 1.57 bits per heavy atom. The number of hydrogen-bond donors (Lipinski definition) is 1. The van der Waals surface area contributed by atoms with Crippen LogP contribution in [0.1, 0.15) is 71.1 Å². The molecule has 2 atom stereocenters. The molecular formula is C29H43N3O4S. The van der Waals surface area contributed by atoms with Gasteiger partial charge in [-0.15, -0.1) is 0 Å². The summed E-state index contributed by atoms with van der Waals surface area (Å²) in [6.45, 7) is 13.8. The Morgan fingerprint density at radius 3 is 2.05 bits per heavy atom. The van der Waals surface area contributed by atoms with E-state index < -0.39 is 28.5 Å². The molecule has 0 saturated carbocycles. The maximum Gasteiger partial charge on any atom is 0.244 e. The van der Waals surface area contributed by atoms with E-state index >= 15 is 0 Å². The molecule has 0 unspecified atom stereocenters. The van der Waals surface area contributed by atoms with Gasteiger partial charge in [-0.3, -0.25) is 13.9 Å². The molecule has 1 N–H and O–H groups in total. The largest absolute Gasteiger partial charge is 0.352 e. The quantitative estimate of drug-likeness (QED) is 0.454. The van der Waals surface area contributed by atoms with Crippen molar-refractivity contribution in [2.45, 2.75) is 85.4 Å². The molecule has 0 radical (unpaired) electrons. The molecule has 8 heteroatoms. The number of amides is 2. The molecule has 0 spiro atoms. The standard InChI is InChI=1S/C29H43N3O4S/c1-9-22(4)30-28(34)26(10-2)31(19-23-14-12-11-13-21(23)3)27(33)20-32(37(8,35)36)25-17-15-24(16-18-25)29(5,6)7/h11-18,22,26H,9-10,19-20H2,1-8H3,(H,30,34)/t22-,26-/m1/s1. The van der Waals surface area contributed by atoms with E-state index in [4.69, 9.17) is 0 Å². The van der Waals surface area contributed by atoms with Gasteiger partial charge in [-0.25, -0.2) is 8.42 Å². The van der Waals surface area contributed by atoms with Crippen LogP contribution in [-0.4, -0.2) is 50.0 Å². The first-order valence-corrected chi connectivity index (χ1v) is 14.8. The molecule has 0 saturated heterocycles. The van der Waals surface area contributed by atoms with E-state index in [2.05, 4.69) is 26.1 Å². The average molecular weight is 530 g/mol. The van der Waals surface area contributed by atoms with Gasteiger partial charge < -0.3 is 10.2 Å². The first kappa shape index (κ1) is 30.4. The molecule has 2 amide bonds. The third kappa shape index (κ3) is 8.32. The third-order valence-corrected chi connectivity index (χ3v) is 7.83. The Hall–Kier alpha value is -2.87. The Labute approximate surface area is 223 Å². The smallest absolute Gasteiger partial charge is 0.244 e. The summed E-state index contributed by atoms with van der Waals surface area (Å²) in [5.74, 6) is -0.668. The topological polar surface area (TPSA) is 86.8 Å². The second-order valence-corrected chi connectivity index (χ2v) is 12.7. The maximum absolute atomic E-state index is 13.8. The maximum atomic E-state index is 13.8. The Kier molecular flexibility index (Phi) is 10.3. The van der Waals surface area contributed by atoms with E-state index in [0.29, 0.717) is 12.1 Å². The number of sulfonamides is 1. The van der Waals surface area contributed by atoms with Crippen LogP contribution in [0.25, 0.3) is 0 Å². The molecule has 0 heterocycles.